The maximum atomic E-state index is 4.36. The molecule has 1 aromatic heterocycles. The molecule has 1 aromatic carbocycles. The van der Waals surface area contributed by atoms with Crippen molar-refractivity contribution >= 4 is 0 Å². The highest BCUT2D eigenvalue weighted by molar-refractivity contribution is 5.21. The maximum absolute atomic E-state index is 4.36. The van der Waals surface area contributed by atoms with Gasteiger partial charge >= 0.3 is 0 Å². The molecule has 1 heterocycles. The maximum Gasteiger partial charge on any atom is 0.138 e. The number of benzene rings is 1. The summed E-state index contributed by atoms with van der Waals surface area (Å²) in [4.78, 5) is 4.36. The van der Waals surface area contributed by atoms with Gasteiger partial charge in [0, 0.05) is 19.5 Å². The lowest BCUT2D eigenvalue weighted by Crippen LogP contribution is -2.31. The van der Waals surface area contributed by atoms with Gasteiger partial charge in [-0.2, -0.15) is 5.10 Å². The Labute approximate surface area is 127 Å². The molecule has 0 radical (unpaired) electrons. The average molecular weight is 286 g/mol. The highest BCUT2D eigenvalue weighted by Crippen LogP contribution is 2.14. The quantitative estimate of drug-likeness (QED) is 0.850. The van der Waals surface area contributed by atoms with E-state index in [9.17, 15) is 0 Å². The minimum absolute atomic E-state index is 0.505. The number of nitrogens with zero attached hydrogens (tertiary/aromatic N) is 3. The summed E-state index contributed by atoms with van der Waals surface area (Å²) in [6.45, 7) is 7.50. The van der Waals surface area contributed by atoms with Crippen molar-refractivity contribution in [1.29, 1.82) is 0 Å². The molecule has 0 saturated heterocycles. The van der Waals surface area contributed by atoms with Crippen LogP contribution in [-0.4, -0.2) is 27.4 Å². The van der Waals surface area contributed by atoms with Gasteiger partial charge in [-0.3, -0.25) is 4.68 Å². The summed E-state index contributed by atoms with van der Waals surface area (Å²) in [5, 5.41) is 7.72. The molecule has 114 valence electrons. The molecule has 0 amide bonds. The number of aromatic nitrogens is 3. The van der Waals surface area contributed by atoms with Crippen molar-refractivity contribution < 1.29 is 0 Å². The monoisotopic (exact) mass is 286 g/mol. The van der Waals surface area contributed by atoms with Crippen molar-refractivity contribution in [3.05, 3.63) is 47.5 Å². The Kier molecular flexibility index (Phi) is 5.51. The van der Waals surface area contributed by atoms with Gasteiger partial charge < -0.3 is 5.32 Å². The number of hydrogen-bond acceptors (Lipinski definition) is 3. The van der Waals surface area contributed by atoms with Crippen molar-refractivity contribution in [2.75, 3.05) is 6.54 Å². The average Bonchev–Trinajstić information content (AvgIpc) is 2.84. The third-order valence-corrected chi connectivity index (χ3v) is 3.74. The molecule has 0 saturated carbocycles. The van der Waals surface area contributed by atoms with E-state index in [0.29, 0.717) is 12.0 Å². The van der Waals surface area contributed by atoms with E-state index in [1.165, 1.54) is 11.1 Å². The molecule has 0 spiro atoms. The third kappa shape index (κ3) is 4.97. The van der Waals surface area contributed by atoms with Crippen molar-refractivity contribution in [3.63, 3.8) is 0 Å². The molecule has 0 aliphatic carbocycles. The topological polar surface area (TPSA) is 42.7 Å². The predicted molar refractivity (Wildman–Crippen MR) is 86.2 cm³/mol. The van der Waals surface area contributed by atoms with Crippen LogP contribution in [0.4, 0.5) is 0 Å². The summed E-state index contributed by atoms with van der Waals surface area (Å²) >= 11 is 0. The molecule has 1 atom stereocenters. The van der Waals surface area contributed by atoms with Crippen LogP contribution >= 0.6 is 0 Å². The molecule has 2 rings (SSSR count). The fourth-order valence-corrected chi connectivity index (χ4v) is 2.44. The Morgan fingerprint density at radius 2 is 1.86 bits per heavy atom. The number of aryl methyl sites for hydroxylation is 2. The van der Waals surface area contributed by atoms with Gasteiger partial charge in [-0.25, -0.2) is 4.98 Å². The lowest BCUT2D eigenvalue weighted by Gasteiger charge is -2.19. The summed E-state index contributed by atoms with van der Waals surface area (Å²) in [6.07, 6.45) is 3.64. The lowest BCUT2D eigenvalue weighted by atomic mass is 9.95. The first-order chi connectivity index (χ1) is 10.0. The Morgan fingerprint density at radius 1 is 1.14 bits per heavy atom. The fraction of sp³-hybridized carbons (Fsp3) is 0.529. The van der Waals surface area contributed by atoms with Gasteiger partial charge in [0.1, 0.15) is 12.2 Å². The van der Waals surface area contributed by atoms with E-state index in [1.54, 1.807) is 6.33 Å². The van der Waals surface area contributed by atoms with Crippen LogP contribution < -0.4 is 5.32 Å². The first-order valence-electron chi connectivity index (χ1n) is 7.66. The molecule has 21 heavy (non-hydrogen) atoms. The van der Waals surface area contributed by atoms with Crippen LogP contribution in [0.3, 0.4) is 0 Å². The fourth-order valence-electron chi connectivity index (χ4n) is 2.44. The van der Waals surface area contributed by atoms with E-state index in [0.717, 1.165) is 25.2 Å². The second-order valence-corrected chi connectivity index (χ2v) is 6.12. The van der Waals surface area contributed by atoms with Crippen LogP contribution in [0.25, 0.3) is 0 Å². The zero-order valence-corrected chi connectivity index (χ0v) is 13.5. The van der Waals surface area contributed by atoms with Gasteiger partial charge in [0.05, 0.1) is 0 Å². The van der Waals surface area contributed by atoms with Gasteiger partial charge in [-0.1, -0.05) is 43.7 Å². The van der Waals surface area contributed by atoms with Crippen molar-refractivity contribution in [3.8, 4) is 0 Å². The number of rotatable bonds is 7. The normalized spacial score (nSPS) is 12.8. The first kappa shape index (κ1) is 15.7. The van der Waals surface area contributed by atoms with Crippen LogP contribution in [0.1, 0.15) is 30.8 Å². The van der Waals surface area contributed by atoms with Gasteiger partial charge in [-0.05, 0) is 31.4 Å². The third-order valence-electron chi connectivity index (χ3n) is 3.74. The molecule has 0 fully saturated rings. The first-order valence-corrected chi connectivity index (χ1v) is 7.66. The number of hydrogen-bond donors (Lipinski definition) is 1. The minimum Gasteiger partial charge on any atom is -0.314 e. The predicted octanol–water partition coefficient (Wildman–Crippen LogP) is 2.52. The van der Waals surface area contributed by atoms with E-state index in [4.69, 9.17) is 0 Å². The van der Waals surface area contributed by atoms with E-state index in [2.05, 4.69) is 60.4 Å². The summed E-state index contributed by atoms with van der Waals surface area (Å²) in [6, 6.07) is 9.34. The summed E-state index contributed by atoms with van der Waals surface area (Å²) in [7, 11) is 1.96. The van der Waals surface area contributed by atoms with Crippen LogP contribution in [-0.2, 0) is 19.9 Å². The van der Waals surface area contributed by atoms with E-state index >= 15 is 0 Å². The zero-order valence-electron chi connectivity index (χ0n) is 13.5. The summed E-state index contributed by atoms with van der Waals surface area (Å²) in [5.41, 5.74) is 2.70. The van der Waals surface area contributed by atoms with Crippen LogP contribution in [0.5, 0.6) is 0 Å². The van der Waals surface area contributed by atoms with Gasteiger partial charge in [0.15, 0.2) is 0 Å². The molecule has 4 heteroatoms. The molecule has 0 bridgehead atoms. The van der Waals surface area contributed by atoms with Crippen molar-refractivity contribution in [2.24, 2.45) is 13.0 Å². The van der Waals surface area contributed by atoms with E-state index in [-0.39, 0.29) is 0 Å². The van der Waals surface area contributed by atoms with Crippen LogP contribution in [0.2, 0.25) is 0 Å². The Balaban J connectivity index is 2.04. The molecular formula is C17H26N4. The zero-order chi connectivity index (χ0) is 15.2. The molecule has 0 aliphatic rings. The largest absolute Gasteiger partial charge is 0.314 e. The molecule has 4 nitrogen and oxygen atoms in total. The van der Waals surface area contributed by atoms with Gasteiger partial charge in [0.25, 0.3) is 0 Å². The Bertz CT molecular complexity index is 542. The molecule has 2 aromatic rings. The minimum atomic E-state index is 0.505. The standard InChI is InChI=1S/C17H26N4/c1-13(2)18-11-16(10-17-19-12-20-21(17)4)9-15-7-5-14(3)6-8-15/h5-8,12-13,16,18H,9-11H2,1-4H3. The smallest absolute Gasteiger partial charge is 0.138 e. The van der Waals surface area contributed by atoms with Crippen molar-refractivity contribution in [1.82, 2.24) is 20.1 Å². The van der Waals surface area contributed by atoms with Gasteiger partial charge in [0.2, 0.25) is 0 Å². The van der Waals surface area contributed by atoms with Crippen LogP contribution in [0, 0.1) is 12.8 Å². The van der Waals surface area contributed by atoms with Crippen molar-refractivity contribution in [2.45, 2.75) is 39.7 Å². The Morgan fingerprint density at radius 3 is 2.43 bits per heavy atom. The second kappa shape index (κ2) is 7.36. The van der Waals surface area contributed by atoms with E-state index < -0.39 is 0 Å². The highest BCUT2D eigenvalue weighted by Gasteiger charge is 2.14. The SMILES string of the molecule is Cc1ccc(CC(CNC(C)C)Cc2ncnn2C)cc1. The molecular weight excluding hydrogens is 260 g/mol. The summed E-state index contributed by atoms with van der Waals surface area (Å²) < 4.78 is 1.87. The number of nitrogens with one attached hydrogen (secondary N) is 1. The Hall–Kier alpha value is -1.68. The molecule has 0 aliphatic heterocycles. The second-order valence-electron chi connectivity index (χ2n) is 6.12. The van der Waals surface area contributed by atoms with E-state index in [1.807, 2.05) is 11.7 Å². The molecule has 1 N–H and O–H groups in total. The van der Waals surface area contributed by atoms with Gasteiger partial charge in [-0.15, -0.1) is 0 Å². The summed E-state index contributed by atoms with van der Waals surface area (Å²) in [5.74, 6) is 1.58. The molecule has 1 unspecified atom stereocenters. The highest BCUT2D eigenvalue weighted by atomic mass is 15.3. The van der Waals surface area contributed by atoms with Crippen LogP contribution in [0.15, 0.2) is 30.6 Å². The lowest BCUT2D eigenvalue weighted by molar-refractivity contribution is 0.431.